The Labute approximate surface area is 108 Å². The second-order valence-electron chi connectivity index (χ2n) is 5.23. The second-order valence-corrected chi connectivity index (χ2v) is 5.23. The molecule has 3 heterocycles. The molecule has 1 aliphatic heterocycles. The van der Waals surface area contributed by atoms with Gasteiger partial charge in [-0.05, 0) is 26.0 Å². The first kappa shape index (κ1) is 11.7. The summed E-state index contributed by atoms with van der Waals surface area (Å²) in [7, 11) is 0. The summed E-state index contributed by atoms with van der Waals surface area (Å²) >= 11 is 0. The van der Waals surface area contributed by atoms with Crippen LogP contribution >= 0.6 is 0 Å². The van der Waals surface area contributed by atoms with E-state index in [1.165, 1.54) is 0 Å². The van der Waals surface area contributed by atoms with Crippen LogP contribution in [0.2, 0.25) is 0 Å². The number of aromatic nitrogens is 2. The normalized spacial score (nSPS) is 25.7. The fraction of sp³-hybridized carbons (Fsp3) is 0.500. The lowest BCUT2D eigenvalue weighted by molar-refractivity contribution is 0.107. The molecule has 1 saturated heterocycles. The van der Waals surface area contributed by atoms with Gasteiger partial charge in [0.2, 0.25) is 0 Å². The van der Waals surface area contributed by atoms with Gasteiger partial charge in [-0.2, -0.15) is 0 Å². The van der Waals surface area contributed by atoms with Gasteiger partial charge in [0.05, 0.1) is 5.69 Å². The zero-order valence-corrected chi connectivity index (χ0v) is 11.0. The first-order valence-electron chi connectivity index (χ1n) is 6.63. The van der Waals surface area contributed by atoms with Gasteiger partial charge in [-0.1, -0.05) is 6.07 Å². The molecule has 1 aliphatic rings. The van der Waals surface area contributed by atoms with E-state index >= 15 is 0 Å². The van der Waals surface area contributed by atoms with E-state index in [-0.39, 0.29) is 0 Å². The van der Waals surface area contributed by atoms with Crippen molar-refractivity contribution in [3.05, 3.63) is 36.3 Å². The maximum absolute atomic E-state index is 4.68. The van der Waals surface area contributed by atoms with Crippen LogP contribution in [-0.2, 0) is 6.54 Å². The van der Waals surface area contributed by atoms with Crippen molar-refractivity contribution in [3.63, 3.8) is 0 Å². The van der Waals surface area contributed by atoms with Gasteiger partial charge in [-0.15, -0.1) is 0 Å². The molecule has 0 aliphatic carbocycles. The summed E-state index contributed by atoms with van der Waals surface area (Å²) < 4.78 is 2.09. The predicted molar refractivity (Wildman–Crippen MR) is 72.5 cm³/mol. The molecule has 0 aromatic carbocycles. The number of hydrogen-bond donors (Lipinski definition) is 1. The minimum absolute atomic E-state index is 0.568. The number of pyridine rings is 1. The number of nitrogens with one attached hydrogen (secondary N) is 1. The standard InChI is InChI=1S/C14H20N4/c1-11-7-15-8-12(2)18(11)10-13-9-17-6-4-3-5-14(17)16-13/h3-6,9,11-12,15H,7-8,10H2,1-2H3. The van der Waals surface area contributed by atoms with E-state index in [4.69, 9.17) is 0 Å². The van der Waals surface area contributed by atoms with Crippen molar-refractivity contribution in [2.24, 2.45) is 0 Å². The molecular formula is C14H20N4. The molecule has 0 saturated carbocycles. The summed E-state index contributed by atoms with van der Waals surface area (Å²) in [4.78, 5) is 7.20. The number of hydrogen-bond acceptors (Lipinski definition) is 3. The molecule has 4 heteroatoms. The highest BCUT2D eigenvalue weighted by Gasteiger charge is 2.24. The highest BCUT2D eigenvalue weighted by Crippen LogP contribution is 2.15. The second kappa shape index (κ2) is 4.71. The summed E-state index contributed by atoms with van der Waals surface area (Å²) in [6.45, 7) is 7.62. The Morgan fingerprint density at radius 3 is 2.78 bits per heavy atom. The third-order valence-corrected chi connectivity index (χ3v) is 3.77. The minimum Gasteiger partial charge on any atom is -0.314 e. The topological polar surface area (TPSA) is 32.6 Å². The van der Waals surface area contributed by atoms with Gasteiger partial charge in [0.15, 0.2) is 0 Å². The summed E-state index contributed by atoms with van der Waals surface area (Å²) in [6.07, 6.45) is 4.19. The lowest BCUT2D eigenvalue weighted by Gasteiger charge is -2.38. The fourth-order valence-electron chi connectivity index (χ4n) is 2.73. The van der Waals surface area contributed by atoms with Gasteiger partial charge in [0.25, 0.3) is 0 Å². The Balaban J connectivity index is 1.82. The van der Waals surface area contributed by atoms with E-state index in [2.05, 4.69) is 45.8 Å². The van der Waals surface area contributed by atoms with Gasteiger partial charge < -0.3 is 9.72 Å². The van der Waals surface area contributed by atoms with E-state index in [0.29, 0.717) is 12.1 Å². The lowest BCUT2D eigenvalue weighted by Crippen LogP contribution is -2.54. The number of nitrogens with zero attached hydrogens (tertiary/aromatic N) is 3. The number of fused-ring (bicyclic) bond motifs is 1. The molecule has 2 atom stereocenters. The van der Waals surface area contributed by atoms with Crippen LogP contribution < -0.4 is 5.32 Å². The maximum Gasteiger partial charge on any atom is 0.137 e. The molecule has 4 nitrogen and oxygen atoms in total. The van der Waals surface area contributed by atoms with Crippen LogP contribution in [0.5, 0.6) is 0 Å². The van der Waals surface area contributed by atoms with Crippen LogP contribution in [0.4, 0.5) is 0 Å². The molecule has 2 aromatic heterocycles. The van der Waals surface area contributed by atoms with Crippen molar-refractivity contribution in [3.8, 4) is 0 Å². The molecule has 1 fully saturated rings. The minimum atomic E-state index is 0.568. The van der Waals surface area contributed by atoms with Crippen molar-refractivity contribution in [2.75, 3.05) is 13.1 Å². The average Bonchev–Trinajstić information content (AvgIpc) is 2.76. The summed E-state index contributed by atoms with van der Waals surface area (Å²) in [5.41, 5.74) is 2.18. The molecule has 0 radical (unpaired) electrons. The average molecular weight is 244 g/mol. The molecule has 0 amide bonds. The van der Waals surface area contributed by atoms with Crippen molar-refractivity contribution < 1.29 is 0 Å². The van der Waals surface area contributed by atoms with Gasteiger partial charge in [0, 0.05) is 44.1 Å². The third-order valence-electron chi connectivity index (χ3n) is 3.77. The molecule has 0 spiro atoms. The largest absolute Gasteiger partial charge is 0.314 e. The van der Waals surface area contributed by atoms with Crippen LogP contribution in [0.25, 0.3) is 5.65 Å². The van der Waals surface area contributed by atoms with Crippen LogP contribution in [0.1, 0.15) is 19.5 Å². The Kier molecular flexibility index (Phi) is 3.06. The third kappa shape index (κ3) is 2.13. The fourth-order valence-corrected chi connectivity index (χ4v) is 2.73. The van der Waals surface area contributed by atoms with Gasteiger partial charge in [-0.3, -0.25) is 4.90 Å². The molecule has 96 valence electrons. The zero-order valence-electron chi connectivity index (χ0n) is 11.0. The maximum atomic E-state index is 4.68. The Bertz CT molecular complexity index is 490. The first-order valence-corrected chi connectivity index (χ1v) is 6.63. The van der Waals surface area contributed by atoms with Crippen LogP contribution in [0.3, 0.4) is 0 Å². The predicted octanol–water partition coefficient (Wildman–Crippen LogP) is 1.52. The molecule has 3 rings (SSSR count). The van der Waals surface area contributed by atoms with Crippen molar-refractivity contribution >= 4 is 5.65 Å². The monoisotopic (exact) mass is 244 g/mol. The van der Waals surface area contributed by atoms with E-state index in [1.807, 2.05) is 18.2 Å². The van der Waals surface area contributed by atoms with Crippen molar-refractivity contribution in [2.45, 2.75) is 32.5 Å². The lowest BCUT2D eigenvalue weighted by atomic mass is 10.1. The van der Waals surface area contributed by atoms with E-state index in [9.17, 15) is 0 Å². The molecule has 1 N–H and O–H groups in total. The molecular weight excluding hydrogens is 224 g/mol. The zero-order chi connectivity index (χ0) is 12.5. The van der Waals surface area contributed by atoms with E-state index < -0.39 is 0 Å². The van der Waals surface area contributed by atoms with E-state index in [1.54, 1.807) is 0 Å². The number of piperazine rings is 1. The summed E-state index contributed by atoms with van der Waals surface area (Å²) in [6, 6.07) is 7.25. The molecule has 2 unspecified atom stereocenters. The SMILES string of the molecule is CC1CNCC(C)N1Cc1cn2ccccc2n1. The smallest absolute Gasteiger partial charge is 0.137 e. The first-order chi connectivity index (χ1) is 8.74. The quantitative estimate of drug-likeness (QED) is 0.869. The van der Waals surface area contributed by atoms with Crippen LogP contribution in [0, 0.1) is 0 Å². The molecule has 0 bridgehead atoms. The summed E-state index contributed by atoms with van der Waals surface area (Å²) in [5, 5.41) is 3.46. The molecule has 2 aromatic rings. The van der Waals surface area contributed by atoms with Crippen molar-refractivity contribution in [1.29, 1.82) is 0 Å². The highest BCUT2D eigenvalue weighted by atomic mass is 15.2. The highest BCUT2D eigenvalue weighted by molar-refractivity contribution is 5.39. The van der Waals surface area contributed by atoms with Gasteiger partial charge in [-0.25, -0.2) is 4.98 Å². The Morgan fingerprint density at radius 1 is 1.28 bits per heavy atom. The Hall–Kier alpha value is -1.39. The Morgan fingerprint density at radius 2 is 2.06 bits per heavy atom. The molecule has 18 heavy (non-hydrogen) atoms. The van der Waals surface area contributed by atoms with E-state index in [0.717, 1.165) is 31.0 Å². The van der Waals surface area contributed by atoms with Crippen LogP contribution in [-0.4, -0.2) is 39.5 Å². The number of rotatable bonds is 2. The summed E-state index contributed by atoms with van der Waals surface area (Å²) in [5.74, 6) is 0. The number of imidazole rings is 1. The van der Waals surface area contributed by atoms with Gasteiger partial charge in [0.1, 0.15) is 5.65 Å². The van der Waals surface area contributed by atoms with Gasteiger partial charge >= 0.3 is 0 Å². The van der Waals surface area contributed by atoms with Crippen molar-refractivity contribution in [1.82, 2.24) is 19.6 Å². The van der Waals surface area contributed by atoms with Crippen LogP contribution in [0.15, 0.2) is 30.6 Å².